The third kappa shape index (κ3) is 4.25. The van der Waals surface area contributed by atoms with Crippen LogP contribution < -0.4 is 5.32 Å². The predicted octanol–water partition coefficient (Wildman–Crippen LogP) is 2.52. The first-order chi connectivity index (χ1) is 9.73. The number of alkyl halides is 1. The second-order valence-corrected chi connectivity index (χ2v) is 7.54. The summed E-state index contributed by atoms with van der Waals surface area (Å²) >= 11 is 5.49. The fourth-order valence-electron chi connectivity index (χ4n) is 3.25. The van der Waals surface area contributed by atoms with Crippen LogP contribution in [-0.4, -0.2) is 47.5 Å². The minimum absolute atomic E-state index is 0.0237. The summed E-state index contributed by atoms with van der Waals surface area (Å²) < 4.78 is 5.40. The molecule has 1 heterocycles. The lowest BCUT2D eigenvalue weighted by Crippen LogP contribution is -2.56. The smallest absolute Gasteiger partial charge is 0.410 e. The first-order valence-electron chi connectivity index (χ1n) is 7.56. The highest BCUT2D eigenvalue weighted by Crippen LogP contribution is 2.49. The highest BCUT2D eigenvalue weighted by Gasteiger charge is 2.47. The summed E-state index contributed by atoms with van der Waals surface area (Å²) in [4.78, 5) is 25.1. The van der Waals surface area contributed by atoms with Crippen molar-refractivity contribution in [2.45, 2.75) is 58.1 Å². The quantitative estimate of drug-likeness (QED) is 0.796. The van der Waals surface area contributed by atoms with E-state index in [2.05, 4.69) is 5.32 Å². The van der Waals surface area contributed by atoms with Crippen LogP contribution in [0.15, 0.2) is 0 Å². The fraction of sp³-hybridized carbons (Fsp3) is 0.867. The molecule has 0 unspecified atom stereocenters. The first kappa shape index (κ1) is 16.4. The first-order valence-corrected chi connectivity index (χ1v) is 8.10. The minimum atomic E-state index is -0.445. The van der Waals surface area contributed by atoms with Gasteiger partial charge in [0, 0.05) is 19.1 Å². The zero-order valence-corrected chi connectivity index (χ0v) is 13.8. The molecule has 0 aromatic heterocycles. The molecule has 0 aromatic carbocycles. The van der Waals surface area contributed by atoms with Crippen LogP contribution in [-0.2, 0) is 9.53 Å². The van der Waals surface area contributed by atoms with E-state index in [-0.39, 0.29) is 23.9 Å². The van der Waals surface area contributed by atoms with Crippen molar-refractivity contribution in [1.29, 1.82) is 0 Å². The van der Waals surface area contributed by atoms with Crippen LogP contribution in [0.5, 0.6) is 0 Å². The van der Waals surface area contributed by atoms with Crippen molar-refractivity contribution < 1.29 is 14.3 Å². The van der Waals surface area contributed by atoms with E-state index in [1.54, 1.807) is 4.90 Å². The molecular weight excluding hydrogens is 292 g/mol. The van der Waals surface area contributed by atoms with Gasteiger partial charge in [-0.2, -0.15) is 0 Å². The minimum Gasteiger partial charge on any atom is -0.444 e. The van der Waals surface area contributed by atoms with E-state index in [0.29, 0.717) is 5.41 Å². The number of likely N-dealkylation sites (tertiary alicyclic amines) is 1. The molecule has 0 aromatic rings. The van der Waals surface area contributed by atoms with Gasteiger partial charge in [-0.3, -0.25) is 4.79 Å². The van der Waals surface area contributed by atoms with Gasteiger partial charge in [-0.1, -0.05) is 0 Å². The summed E-state index contributed by atoms with van der Waals surface area (Å²) in [5.74, 6) is -0.0710. The maximum Gasteiger partial charge on any atom is 0.410 e. The molecule has 5 nitrogen and oxygen atoms in total. The molecule has 1 aliphatic heterocycles. The van der Waals surface area contributed by atoms with Crippen molar-refractivity contribution >= 4 is 23.6 Å². The van der Waals surface area contributed by atoms with Crippen LogP contribution >= 0.6 is 11.6 Å². The maximum atomic E-state index is 12.0. The Balaban J connectivity index is 1.75. The third-order valence-electron chi connectivity index (χ3n) is 4.32. The number of hydrogen-bond acceptors (Lipinski definition) is 3. The van der Waals surface area contributed by atoms with E-state index < -0.39 is 5.60 Å². The molecule has 2 aliphatic rings. The van der Waals surface area contributed by atoms with Crippen molar-refractivity contribution in [3.05, 3.63) is 0 Å². The van der Waals surface area contributed by atoms with Gasteiger partial charge < -0.3 is 15.0 Å². The summed E-state index contributed by atoms with van der Waals surface area (Å²) in [6.45, 7) is 7.13. The van der Waals surface area contributed by atoms with Gasteiger partial charge in [0.2, 0.25) is 5.91 Å². The molecule has 0 atom stereocenters. The Morgan fingerprint density at radius 1 is 1.29 bits per heavy atom. The molecule has 0 bridgehead atoms. The van der Waals surface area contributed by atoms with Crippen molar-refractivity contribution in [3.63, 3.8) is 0 Å². The Kier molecular flexibility index (Phi) is 4.71. The number of halogens is 1. The third-order valence-corrected chi connectivity index (χ3v) is 4.56. The van der Waals surface area contributed by atoms with Crippen molar-refractivity contribution in [2.75, 3.05) is 19.0 Å². The Bertz CT molecular complexity index is 404. The second kappa shape index (κ2) is 6.03. The van der Waals surface area contributed by atoms with Gasteiger partial charge in [0.05, 0.1) is 0 Å². The molecule has 1 saturated carbocycles. The lowest BCUT2D eigenvalue weighted by atomic mass is 9.60. The van der Waals surface area contributed by atoms with Crippen LogP contribution in [0.1, 0.15) is 46.5 Å². The van der Waals surface area contributed by atoms with Crippen LogP contribution in [0.2, 0.25) is 0 Å². The molecule has 6 heteroatoms. The van der Waals surface area contributed by atoms with Crippen molar-refractivity contribution in [2.24, 2.45) is 5.41 Å². The molecular formula is C15H25ClN2O3. The summed E-state index contributed by atoms with van der Waals surface area (Å²) in [6, 6.07) is 0.254. The lowest BCUT2D eigenvalue weighted by molar-refractivity contribution is -0.121. The standard InChI is InChI=1S/C15H25ClN2O3/c1-14(2,3)21-13(20)18-6-4-15(5-7-18)8-11(9-15)17-12(19)10-16/h11H,4-10H2,1-3H3,(H,17,19). The Morgan fingerprint density at radius 2 is 1.86 bits per heavy atom. The zero-order chi connectivity index (χ0) is 15.7. The predicted molar refractivity (Wildman–Crippen MR) is 81.4 cm³/mol. The highest BCUT2D eigenvalue weighted by molar-refractivity contribution is 6.27. The molecule has 120 valence electrons. The largest absolute Gasteiger partial charge is 0.444 e. The van der Waals surface area contributed by atoms with Gasteiger partial charge in [-0.05, 0) is 51.9 Å². The second-order valence-electron chi connectivity index (χ2n) is 7.27. The van der Waals surface area contributed by atoms with E-state index in [0.717, 1.165) is 38.8 Å². The summed E-state index contributed by atoms with van der Waals surface area (Å²) in [5.41, 5.74) is -0.150. The average molecular weight is 317 g/mol. The number of nitrogens with one attached hydrogen (secondary N) is 1. The molecule has 2 fully saturated rings. The van der Waals surface area contributed by atoms with E-state index in [1.807, 2.05) is 20.8 Å². The van der Waals surface area contributed by atoms with Gasteiger partial charge in [0.1, 0.15) is 11.5 Å². The van der Waals surface area contributed by atoms with E-state index in [4.69, 9.17) is 16.3 Å². The highest BCUT2D eigenvalue weighted by atomic mass is 35.5. The molecule has 1 spiro atoms. The van der Waals surface area contributed by atoms with Crippen LogP contribution in [0, 0.1) is 5.41 Å². The molecule has 21 heavy (non-hydrogen) atoms. The molecule has 0 radical (unpaired) electrons. The Morgan fingerprint density at radius 3 is 2.33 bits per heavy atom. The summed E-state index contributed by atoms with van der Waals surface area (Å²) in [5, 5.41) is 2.93. The fourth-order valence-corrected chi connectivity index (χ4v) is 3.33. The molecule has 1 N–H and O–H groups in total. The molecule has 1 saturated heterocycles. The molecule has 1 aliphatic carbocycles. The zero-order valence-electron chi connectivity index (χ0n) is 13.1. The number of ether oxygens (including phenoxy) is 1. The lowest BCUT2D eigenvalue weighted by Gasteiger charge is -2.52. The average Bonchev–Trinajstić information content (AvgIpc) is 2.35. The van der Waals surface area contributed by atoms with E-state index in [9.17, 15) is 9.59 Å². The van der Waals surface area contributed by atoms with Crippen molar-refractivity contribution in [3.8, 4) is 0 Å². The van der Waals surface area contributed by atoms with Crippen LogP contribution in [0.4, 0.5) is 4.79 Å². The van der Waals surface area contributed by atoms with Gasteiger partial charge in [0.25, 0.3) is 0 Å². The Hall–Kier alpha value is -0.970. The monoisotopic (exact) mass is 316 g/mol. The number of amides is 2. The number of carbonyl (C=O) groups excluding carboxylic acids is 2. The number of nitrogens with zero attached hydrogens (tertiary/aromatic N) is 1. The topological polar surface area (TPSA) is 58.6 Å². The Labute approximate surface area is 131 Å². The van der Waals surface area contributed by atoms with Gasteiger partial charge >= 0.3 is 6.09 Å². The van der Waals surface area contributed by atoms with Gasteiger partial charge in [-0.15, -0.1) is 11.6 Å². The van der Waals surface area contributed by atoms with E-state index in [1.165, 1.54) is 0 Å². The SMILES string of the molecule is CC(C)(C)OC(=O)N1CCC2(CC1)CC(NC(=O)CCl)C2. The van der Waals surface area contributed by atoms with Crippen molar-refractivity contribution in [1.82, 2.24) is 10.2 Å². The number of piperidine rings is 1. The number of rotatable bonds is 2. The van der Waals surface area contributed by atoms with Gasteiger partial charge in [-0.25, -0.2) is 4.79 Å². The number of carbonyl (C=O) groups is 2. The summed E-state index contributed by atoms with van der Waals surface area (Å²) in [6.07, 6.45) is 3.75. The maximum absolute atomic E-state index is 12.0. The summed E-state index contributed by atoms with van der Waals surface area (Å²) in [7, 11) is 0. The normalized spacial score (nSPS) is 21.8. The number of hydrogen-bond donors (Lipinski definition) is 1. The van der Waals surface area contributed by atoms with E-state index >= 15 is 0 Å². The van der Waals surface area contributed by atoms with Gasteiger partial charge in [0.15, 0.2) is 0 Å². The molecule has 2 amide bonds. The molecule has 2 rings (SSSR count). The van der Waals surface area contributed by atoms with Crippen LogP contribution in [0.3, 0.4) is 0 Å². The van der Waals surface area contributed by atoms with Crippen LogP contribution in [0.25, 0.3) is 0 Å².